The number of benzene rings is 1. The van der Waals surface area contributed by atoms with Crippen molar-refractivity contribution in [3.63, 3.8) is 0 Å². The van der Waals surface area contributed by atoms with Crippen molar-refractivity contribution >= 4 is 17.3 Å². The Morgan fingerprint density at radius 3 is 2.60 bits per heavy atom. The van der Waals surface area contributed by atoms with E-state index in [2.05, 4.69) is 0 Å². The number of hydrogen-bond donors (Lipinski definition) is 0. The van der Waals surface area contributed by atoms with Crippen molar-refractivity contribution < 1.29 is 15.3 Å². The van der Waals surface area contributed by atoms with Gasteiger partial charge >= 0.3 is 5.97 Å². The van der Waals surface area contributed by atoms with Crippen molar-refractivity contribution in [3.8, 4) is 11.1 Å². The van der Waals surface area contributed by atoms with Gasteiger partial charge in [0, 0.05) is 10.4 Å². The largest absolute Gasteiger partial charge is 0.462 e. The zero-order chi connectivity index (χ0) is 15.6. The van der Waals surface area contributed by atoms with Crippen LogP contribution in [0.3, 0.4) is 0 Å². The molecule has 0 amide bonds. The first-order valence-corrected chi connectivity index (χ1v) is 7.33. The molecule has 1 aromatic heterocycles. The summed E-state index contributed by atoms with van der Waals surface area (Å²) >= 11 is 1.27. The lowest BCUT2D eigenvalue weighted by Crippen LogP contribution is -2.08. The first-order valence-electron chi connectivity index (χ1n) is 7.02. The third kappa shape index (κ3) is 2.90. The summed E-state index contributed by atoms with van der Waals surface area (Å²) in [6, 6.07) is 5.83. The van der Waals surface area contributed by atoms with Crippen molar-refractivity contribution in [1.29, 1.82) is 0 Å². The summed E-state index contributed by atoms with van der Waals surface area (Å²) in [5, 5.41) is 0.299. The summed E-state index contributed by atoms with van der Waals surface area (Å²) in [6.45, 7) is 5.98. The van der Waals surface area contributed by atoms with Gasteiger partial charge in [-0.2, -0.15) is 0 Å². The highest BCUT2D eigenvalue weighted by Gasteiger charge is 2.22. The summed E-state index contributed by atoms with van der Waals surface area (Å²) in [5.74, 6) is -0.648. The van der Waals surface area contributed by atoms with Gasteiger partial charge in [0.2, 0.25) is 0 Å². The van der Waals surface area contributed by atoms with Crippen LogP contribution in [0, 0.1) is 5.82 Å². The molecule has 4 heteroatoms. The highest BCUT2D eigenvalue weighted by atomic mass is 32.1. The minimum atomic E-state index is -0.421. The minimum Gasteiger partial charge on any atom is -0.462 e. The van der Waals surface area contributed by atoms with Crippen LogP contribution in [0.4, 0.5) is 4.39 Å². The average Bonchev–Trinajstić information content (AvgIpc) is 2.78. The zero-order valence-corrected chi connectivity index (χ0v) is 12.5. The molecule has 2 rings (SSSR count). The summed E-state index contributed by atoms with van der Waals surface area (Å²) in [6.07, 6.45) is 0. The highest BCUT2D eigenvalue weighted by Crippen LogP contribution is 2.36. The second-order valence-electron chi connectivity index (χ2n) is 4.70. The number of esters is 1. The smallest absolute Gasteiger partial charge is 0.339 e. The number of rotatable bonds is 4. The molecule has 0 aliphatic heterocycles. The Morgan fingerprint density at radius 1 is 1.40 bits per heavy atom. The van der Waals surface area contributed by atoms with Gasteiger partial charge in [0.1, 0.15) is 5.82 Å². The van der Waals surface area contributed by atoms with E-state index in [9.17, 15) is 9.18 Å². The van der Waals surface area contributed by atoms with Gasteiger partial charge < -0.3 is 4.74 Å². The van der Waals surface area contributed by atoms with Gasteiger partial charge in [-0.15, -0.1) is 11.3 Å². The zero-order valence-electron chi connectivity index (χ0n) is 12.7. The van der Waals surface area contributed by atoms with Crippen molar-refractivity contribution in [2.24, 2.45) is 0 Å². The fourth-order valence-electron chi connectivity index (χ4n) is 1.96. The SMILES string of the molecule is [2H]c1sc(C(C)C)c(C(=O)OCC)c1-c1ccc(F)cc1. The Bertz CT molecular complexity index is 647. The van der Waals surface area contributed by atoms with E-state index < -0.39 is 5.97 Å². The summed E-state index contributed by atoms with van der Waals surface area (Å²) < 4.78 is 26.4. The Hall–Kier alpha value is -1.68. The van der Waals surface area contributed by atoms with E-state index in [0.29, 0.717) is 22.0 Å². The fourth-order valence-corrected chi connectivity index (χ4v) is 2.92. The second kappa shape index (κ2) is 6.18. The molecule has 20 heavy (non-hydrogen) atoms. The van der Waals surface area contributed by atoms with Crippen molar-refractivity contribution in [2.45, 2.75) is 26.7 Å². The van der Waals surface area contributed by atoms with Gasteiger partial charge in [-0.05, 0) is 35.9 Å². The molecule has 0 saturated heterocycles. The highest BCUT2D eigenvalue weighted by molar-refractivity contribution is 7.11. The molecule has 0 aliphatic rings. The summed E-state index contributed by atoms with van der Waals surface area (Å²) in [5.41, 5.74) is 1.63. The van der Waals surface area contributed by atoms with Gasteiger partial charge in [0.15, 0.2) is 0 Å². The standard InChI is InChI=1S/C16H17FO2S/c1-4-19-16(18)14-13(9-20-15(14)10(2)3)11-5-7-12(17)8-6-11/h5-10H,4H2,1-3H3/i9D. The number of hydrogen-bond acceptors (Lipinski definition) is 3. The number of thiophene rings is 1. The Balaban J connectivity index is 2.63. The maximum Gasteiger partial charge on any atom is 0.339 e. The predicted octanol–water partition coefficient (Wildman–Crippen LogP) is 4.85. The van der Waals surface area contributed by atoms with Crippen LogP contribution in [-0.4, -0.2) is 12.6 Å². The summed E-state index contributed by atoms with van der Waals surface area (Å²) in [4.78, 5) is 13.1. The number of halogens is 1. The maximum absolute atomic E-state index is 13.1. The average molecular weight is 293 g/mol. The number of carbonyl (C=O) groups excluding carboxylic acids is 1. The van der Waals surface area contributed by atoms with E-state index in [1.807, 2.05) is 13.8 Å². The van der Waals surface area contributed by atoms with Gasteiger partial charge in [-0.25, -0.2) is 9.18 Å². The molecule has 1 heterocycles. The third-order valence-corrected chi connectivity index (χ3v) is 4.10. The molecule has 1 aromatic carbocycles. The molecular weight excluding hydrogens is 275 g/mol. The molecule has 2 aromatic rings. The van der Waals surface area contributed by atoms with Crippen LogP contribution < -0.4 is 0 Å². The first kappa shape index (κ1) is 13.3. The van der Waals surface area contributed by atoms with Crippen LogP contribution in [0.15, 0.2) is 29.6 Å². The van der Waals surface area contributed by atoms with Crippen LogP contribution >= 0.6 is 11.3 Å². The Labute approximate surface area is 123 Å². The molecule has 0 radical (unpaired) electrons. The topological polar surface area (TPSA) is 26.3 Å². The molecule has 0 aliphatic carbocycles. The van der Waals surface area contributed by atoms with Gasteiger partial charge in [-0.3, -0.25) is 0 Å². The van der Waals surface area contributed by atoms with Gasteiger partial charge in [0.25, 0.3) is 0 Å². The third-order valence-electron chi connectivity index (χ3n) is 2.90. The molecular formula is C16H17FO2S. The van der Waals surface area contributed by atoms with Crippen LogP contribution in [0.2, 0.25) is 0 Å². The van der Waals surface area contributed by atoms with E-state index in [4.69, 9.17) is 6.11 Å². The van der Waals surface area contributed by atoms with E-state index in [-0.39, 0.29) is 18.3 Å². The molecule has 106 valence electrons. The number of ether oxygens (including phenoxy) is 1. The monoisotopic (exact) mass is 293 g/mol. The van der Waals surface area contributed by atoms with E-state index in [1.54, 1.807) is 19.1 Å². The van der Waals surface area contributed by atoms with E-state index in [1.165, 1.54) is 23.5 Å². The molecule has 2 nitrogen and oxygen atoms in total. The normalized spacial score (nSPS) is 11.6. The number of carbonyl (C=O) groups is 1. The Kier molecular flexibility index (Phi) is 4.11. The van der Waals surface area contributed by atoms with Crippen molar-refractivity contribution in [3.05, 3.63) is 45.9 Å². The van der Waals surface area contributed by atoms with E-state index >= 15 is 0 Å². The molecule has 0 saturated carbocycles. The maximum atomic E-state index is 13.1. The predicted molar refractivity (Wildman–Crippen MR) is 79.8 cm³/mol. The first-order chi connectivity index (χ1) is 9.95. The van der Waals surface area contributed by atoms with Gasteiger partial charge in [0.05, 0.1) is 13.5 Å². The van der Waals surface area contributed by atoms with Crippen LogP contribution in [0.25, 0.3) is 11.1 Å². The van der Waals surface area contributed by atoms with Crippen LogP contribution in [0.5, 0.6) is 0 Å². The second-order valence-corrected chi connectivity index (χ2v) is 5.55. The molecule has 0 unspecified atom stereocenters. The molecule has 0 fully saturated rings. The van der Waals surface area contributed by atoms with Crippen molar-refractivity contribution in [1.82, 2.24) is 0 Å². The lowest BCUT2D eigenvalue weighted by atomic mass is 9.99. The van der Waals surface area contributed by atoms with E-state index in [0.717, 1.165) is 4.88 Å². The Morgan fingerprint density at radius 2 is 2.05 bits per heavy atom. The molecule has 0 N–H and O–H groups in total. The lowest BCUT2D eigenvalue weighted by molar-refractivity contribution is 0.0526. The lowest BCUT2D eigenvalue weighted by Gasteiger charge is -2.09. The van der Waals surface area contributed by atoms with Crippen molar-refractivity contribution in [2.75, 3.05) is 6.61 Å². The minimum absolute atomic E-state index is 0.118. The fraction of sp³-hybridized carbons (Fsp3) is 0.312. The van der Waals surface area contributed by atoms with Gasteiger partial charge in [-0.1, -0.05) is 26.0 Å². The molecule has 0 atom stereocenters. The summed E-state index contributed by atoms with van der Waals surface area (Å²) in [7, 11) is 0. The quantitative estimate of drug-likeness (QED) is 0.753. The molecule has 0 bridgehead atoms. The van der Waals surface area contributed by atoms with Crippen LogP contribution in [0.1, 0.15) is 43.3 Å². The van der Waals surface area contributed by atoms with Crippen LogP contribution in [-0.2, 0) is 4.74 Å². The molecule has 0 spiro atoms.